The molecule has 0 fully saturated rings. The van der Waals surface area contributed by atoms with E-state index in [1.165, 1.54) is 12.1 Å². The number of unbranched alkanes of at least 4 members (excludes halogenated alkanes) is 4. The predicted octanol–water partition coefficient (Wildman–Crippen LogP) is 4.62. The van der Waals surface area contributed by atoms with Crippen LogP contribution in [0.15, 0.2) is 36.4 Å². The number of primary amides is 1. The molecule has 0 bridgehead atoms. The van der Waals surface area contributed by atoms with E-state index in [0.717, 1.165) is 44.4 Å². The van der Waals surface area contributed by atoms with Crippen molar-refractivity contribution in [1.29, 1.82) is 0 Å². The molecule has 0 saturated carbocycles. The lowest BCUT2D eigenvalue weighted by molar-refractivity contribution is -0.137. The molecule has 0 heterocycles. The quantitative estimate of drug-likeness (QED) is 0.162. The van der Waals surface area contributed by atoms with Gasteiger partial charge in [0.05, 0.1) is 18.3 Å². The van der Waals surface area contributed by atoms with Gasteiger partial charge in [-0.3, -0.25) is 0 Å². The number of amides is 2. The molecular weight excluding hydrogens is 503 g/mol. The third-order valence-electron chi connectivity index (χ3n) is 5.98. The van der Waals surface area contributed by atoms with Crippen LogP contribution in [0.4, 0.5) is 23.7 Å². The number of aliphatic hydroxyl groups is 2. The van der Waals surface area contributed by atoms with E-state index in [2.05, 4.69) is 10.6 Å². The van der Waals surface area contributed by atoms with Crippen molar-refractivity contribution in [1.82, 2.24) is 5.32 Å². The summed E-state index contributed by atoms with van der Waals surface area (Å²) in [7, 11) is 0. The molecule has 7 N–H and O–H groups in total. The number of phenols is 1. The van der Waals surface area contributed by atoms with Gasteiger partial charge >= 0.3 is 12.2 Å². The zero-order chi connectivity index (χ0) is 28.0. The summed E-state index contributed by atoms with van der Waals surface area (Å²) in [4.78, 5) is 11.0. The predicted molar refractivity (Wildman–Crippen MR) is 139 cm³/mol. The van der Waals surface area contributed by atoms with Crippen LogP contribution in [0, 0.1) is 0 Å². The van der Waals surface area contributed by atoms with Crippen LogP contribution in [0.5, 0.6) is 5.75 Å². The number of carbonyl (C=O) groups excluding carboxylic acids is 1. The van der Waals surface area contributed by atoms with Crippen molar-refractivity contribution in [3.63, 3.8) is 0 Å². The highest BCUT2D eigenvalue weighted by Gasteiger charge is 2.31. The first-order valence-corrected chi connectivity index (χ1v) is 12.8. The molecule has 1 atom stereocenters. The number of hydrogen-bond donors (Lipinski definition) is 6. The van der Waals surface area contributed by atoms with Gasteiger partial charge in [0, 0.05) is 31.0 Å². The van der Waals surface area contributed by atoms with Crippen LogP contribution in [0.2, 0.25) is 0 Å². The highest BCUT2D eigenvalue weighted by molar-refractivity contribution is 5.88. The third kappa shape index (κ3) is 11.7. The lowest BCUT2D eigenvalue weighted by Gasteiger charge is -2.14. The number of ether oxygens (including phenoxy) is 1. The van der Waals surface area contributed by atoms with Gasteiger partial charge in [0.25, 0.3) is 0 Å². The number of benzene rings is 2. The number of nitrogens with two attached hydrogens (primary N) is 1. The first-order chi connectivity index (χ1) is 18.1. The average molecular weight is 542 g/mol. The Labute approximate surface area is 221 Å². The summed E-state index contributed by atoms with van der Waals surface area (Å²) in [6, 6.07) is 7.22. The number of hydrogen-bond acceptors (Lipinski definition) is 6. The molecule has 0 aliphatic carbocycles. The largest absolute Gasteiger partial charge is 0.508 e. The maximum Gasteiger partial charge on any atom is 0.416 e. The highest BCUT2D eigenvalue weighted by Crippen LogP contribution is 2.32. The normalized spacial score (nSPS) is 12.4. The maximum atomic E-state index is 13.1. The third-order valence-corrected chi connectivity index (χ3v) is 5.98. The summed E-state index contributed by atoms with van der Waals surface area (Å²) >= 11 is 0. The second-order valence-corrected chi connectivity index (χ2v) is 9.16. The van der Waals surface area contributed by atoms with Gasteiger partial charge < -0.3 is 36.4 Å². The minimum absolute atomic E-state index is 0.00473. The number of halogens is 3. The average Bonchev–Trinajstić information content (AvgIpc) is 2.86. The van der Waals surface area contributed by atoms with Gasteiger partial charge in [-0.15, -0.1) is 0 Å². The van der Waals surface area contributed by atoms with Gasteiger partial charge in [0.15, 0.2) is 0 Å². The number of nitrogens with one attached hydrogen (secondary N) is 2. The van der Waals surface area contributed by atoms with Gasteiger partial charge in [-0.25, -0.2) is 4.79 Å². The summed E-state index contributed by atoms with van der Waals surface area (Å²) in [6.07, 6.45) is 0.434. The fourth-order valence-electron chi connectivity index (χ4n) is 3.95. The summed E-state index contributed by atoms with van der Waals surface area (Å²) in [5.41, 5.74) is 5.72. The SMILES string of the molecule is NC(=O)Nc1cc(CCCCOCCCCCCNC[C@H](O)c2ccc(O)c(CO)c2)cc(C(F)(F)F)c1. The van der Waals surface area contributed by atoms with E-state index in [4.69, 9.17) is 10.5 Å². The van der Waals surface area contributed by atoms with Crippen molar-refractivity contribution >= 4 is 11.7 Å². The van der Waals surface area contributed by atoms with E-state index in [-0.39, 0.29) is 18.0 Å². The first-order valence-electron chi connectivity index (χ1n) is 12.8. The molecule has 0 radical (unpaired) electrons. The molecule has 212 valence electrons. The number of aryl methyl sites for hydroxylation is 1. The van der Waals surface area contributed by atoms with Crippen molar-refractivity contribution in [2.24, 2.45) is 5.73 Å². The lowest BCUT2D eigenvalue weighted by atomic mass is 10.0. The molecule has 2 aromatic rings. The zero-order valence-corrected chi connectivity index (χ0v) is 21.4. The number of alkyl halides is 3. The van der Waals surface area contributed by atoms with Crippen molar-refractivity contribution in [2.75, 3.05) is 31.6 Å². The van der Waals surface area contributed by atoms with Crippen LogP contribution >= 0.6 is 0 Å². The number of aliphatic hydroxyl groups excluding tert-OH is 2. The van der Waals surface area contributed by atoms with Crippen LogP contribution in [0.1, 0.15) is 66.9 Å². The molecule has 11 heteroatoms. The molecule has 2 rings (SSSR count). The Morgan fingerprint density at radius 1 is 1.00 bits per heavy atom. The number of rotatable bonds is 17. The molecule has 0 aliphatic heterocycles. The number of urea groups is 1. The van der Waals surface area contributed by atoms with Gasteiger partial charge in [-0.2, -0.15) is 13.2 Å². The Morgan fingerprint density at radius 2 is 1.71 bits per heavy atom. The minimum Gasteiger partial charge on any atom is -0.508 e. The van der Waals surface area contributed by atoms with E-state index in [0.29, 0.717) is 55.7 Å². The number of aromatic hydroxyl groups is 1. The molecule has 2 aromatic carbocycles. The first kappa shape index (κ1) is 31.4. The Hall–Kier alpha value is -2.86. The minimum atomic E-state index is -4.51. The molecule has 8 nitrogen and oxygen atoms in total. The standard InChI is InChI=1S/C27H38F3N3O5/c28-27(29,30)22-13-19(14-23(16-22)33-26(31)37)7-3-6-12-38-11-5-2-1-4-10-32-17-25(36)20-8-9-24(35)21(15-20)18-34/h8-9,13-16,25,32,34-36H,1-7,10-12,17-18H2,(H3,31,33,37)/t25-/m0/s1. The fourth-order valence-corrected chi connectivity index (χ4v) is 3.95. The Balaban J connectivity index is 1.51. The van der Waals surface area contributed by atoms with E-state index in [9.17, 15) is 33.3 Å². The van der Waals surface area contributed by atoms with E-state index < -0.39 is 23.9 Å². The van der Waals surface area contributed by atoms with Crippen LogP contribution in [-0.4, -0.2) is 47.7 Å². The van der Waals surface area contributed by atoms with E-state index >= 15 is 0 Å². The highest BCUT2D eigenvalue weighted by atomic mass is 19.4. The molecule has 38 heavy (non-hydrogen) atoms. The summed E-state index contributed by atoms with van der Waals surface area (Å²) in [5, 5.41) is 34.5. The van der Waals surface area contributed by atoms with Crippen LogP contribution < -0.4 is 16.4 Å². The van der Waals surface area contributed by atoms with Crippen molar-refractivity contribution in [3.05, 3.63) is 58.7 Å². The number of carbonyl (C=O) groups is 1. The van der Waals surface area contributed by atoms with E-state index in [1.807, 2.05) is 0 Å². The molecule has 0 saturated heterocycles. The summed E-state index contributed by atoms with van der Waals surface area (Å²) < 4.78 is 44.9. The van der Waals surface area contributed by atoms with Crippen LogP contribution in [0.25, 0.3) is 0 Å². The fraction of sp³-hybridized carbons (Fsp3) is 0.519. The second-order valence-electron chi connectivity index (χ2n) is 9.16. The summed E-state index contributed by atoms with van der Waals surface area (Å²) in [5.74, 6) is 0.00473. The smallest absolute Gasteiger partial charge is 0.416 e. The molecular formula is C27H38F3N3O5. The Kier molecular flexibility index (Phi) is 13.4. The van der Waals surface area contributed by atoms with Crippen molar-refractivity contribution < 1.29 is 38.0 Å². The van der Waals surface area contributed by atoms with Crippen molar-refractivity contribution in [3.8, 4) is 5.75 Å². The molecule has 2 amide bonds. The van der Waals surface area contributed by atoms with Crippen LogP contribution in [-0.2, 0) is 23.9 Å². The van der Waals surface area contributed by atoms with Gasteiger partial charge in [-0.1, -0.05) is 18.9 Å². The van der Waals surface area contributed by atoms with Crippen LogP contribution in [0.3, 0.4) is 0 Å². The van der Waals surface area contributed by atoms with Gasteiger partial charge in [0.2, 0.25) is 0 Å². The zero-order valence-electron chi connectivity index (χ0n) is 21.4. The molecule has 0 aliphatic rings. The number of anilines is 1. The topological polar surface area (TPSA) is 137 Å². The second kappa shape index (κ2) is 16.2. The Morgan fingerprint density at radius 3 is 2.39 bits per heavy atom. The van der Waals surface area contributed by atoms with E-state index in [1.54, 1.807) is 12.1 Å². The molecule has 0 unspecified atom stereocenters. The van der Waals surface area contributed by atoms with Gasteiger partial charge in [-0.05, 0) is 80.1 Å². The molecule has 0 spiro atoms. The lowest BCUT2D eigenvalue weighted by Crippen LogP contribution is -2.22. The summed E-state index contributed by atoms with van der Waals surface area (Å²) in [6.45, 7) is 2.00. The molecule has 0 aromatic heterocycles. The van der Waals surface area contributed by atoms with Crippen molar-refractivity contribution in [2.45, 2.75) is 63.8 Å². The monoisotopic (exact) mass is 541 g/mol. The Bertz CT molecular complexity index is 1000. The maximum absolute atomic E-state index is 13.1. The van der Waals surface area contributed by atoms with Gasteiger partial charge in [0.1, 0.15) is 5.75 Å².